The number of nitrogens with zero attached hydrogens (tertiary/aromatic N) is 1. The number of thiocarbonyl (C=S) groups is 1. The molecule has 0 aromatic rings. The summed E-state index contributed by atoms with van der Waals surface area (Å²) in [5.74, 6) is -0.0762. The summed E-state index contributed by atoms with van der Waals surface area (Å²) in [6.07, 6.45) is 0.538. The summed E-state index contributed by atoms with van der Waals surface area (Å²) in [5.41, 5.74) is 5.34. The van der Waals surface area contributed by atoms with E-state index < -0.39 is 0 Å². The zero-order valence-corrected chi connectivity index (χ0v) is 10.7. The number of likely N-dealkylation sites (N-methyl/N-ethyl adjacent to an activating group) is 1. The minimum absolute atomic E-state index is 0.0703. The molecule has 6 heteroatoms. The van der Waals surface area contributed by atoms with Crippen molar-refractivity contribution in [2.75, 3.05) is 40.0 Å². The van der Waals surface area contributed by atoms with E-state index in [2.05, 4.69) is 0 Å². The predicted molar refractivity (Wildman–Crippen MR) is 66.4 cm³/mol. The van der Waals surface area contributed by atoms with Gasteiger partial charge in [0.1, 0.15) is 6.61 Å². The topological polar surface area (TPSA) is 64.8 Å². The highest BCUT2D eigenvalue weighted by Crippen LogP contribution is 1.91. The quantitative estimate of drug-likeness (QED) is 0.465. The molecule has 0 saturated carbocycles. The van der Waals surface area contributed by atoms with Crippen molar-refractivity contribution in [2.45, 2.75) is 13.3 Å². The molecule has 1 amide bonds. The summed E-state index contributed by atoms with van der Waals surface area (Å²) in [6.45, 7) is 4.12. The SMILES string of the molecule is CCOCCOCC(=O)N(C)CCC(N)=S. The monoisotopic (exact) mass is 248 g/mol. The molecule has 0 fully saturated rings. The van der Waals surface area contributed by atoms with Gasteiger partial charge < -0.3 is 20.1 Å². The highest BCUT2D eigenvalue weighted by atomic mass is 32.1. The summed E-state index contributed by atoms with van der Waals surface area (Å²) < 4.78 is 10.2. The van der Waals surface area contributed by atoms with Crippen LogP contribution in [0.3, 0.4) is 0 Å². The highest BCUT2D eigenvalue weighted by Gasteiger charge is 2.08. The first-order chi connectivity index (χ1) is 7.57. The van der Waals surface area contributed by atoms with Gasteiger partial charge in [-0.1, -0.05) is 12.2 Å². The smallest absolute Gasteiger partial charge is 0.248 e. The number of hydrogen-bond acceptors (Lipinski definition) is 4. The molecule has 16 heavy (non-hydrogen) atoms. The highest BCUT2D eigenvalue weighted by molar-refractivity contribution is 7.80. The van der Waals surface area contributed by atoms with E-state index in [0.717, 1.165) is 0 Å². The molecule has 0 saturated heterocycles. The van der Waals surface area contributed by atoms with Crippen molar-refractivity contribution >= 4 is 23.1 Å². The second-order valence-corrected chi connectivity index (χ2v) is 3.81. The number of nitrogens with two attached hydrogens (primary N) is 1. The molecule has 0 spiro atoms. The molecule has 94 valence electrons. The van der Waals surface area contributed by atoms with Gasteiger partial charge in [0.2, 0.25) is 5.91 Å². The van der Waals surface area contributed by atoms with Crippen LogP contribution in [-0.4, -0.2) is 55.8 Å². The lowest BCUT2D eigenvalue weighted by atomic mass is 10.4. The lowest BCUT2D eigenvalue weighted by molar-refractivity contribution is -0.135. The van der Waals surface area contributed by atoms with Crippen molar-refractivity contribution in [3.8, 4) is 0 Å². The van der Waals surface area contributed by atoms with Crippen LogP contribution in [0.15, 0.2) is 0 Å². The molecule has 0 unspecified atom stereocenters. The van der Waals surface area contributed by atoms with Crippen molar-refractivity contribution in [1.82, 2.24) is 4.90 Å². The third kappa shape index (κ3) is 8.58. The van der Waals surface area contributed by atoms with E-state index in [-0.39, 0.29) is 12.5 Å². The molecule has 0 rings (SSSR count). The first kappa shape index (κ1) is 15.3. The Morgan fingerprint density at radius 1 is 1.38 bits per heavy atom. The Morgan fingerprint density at radius 2 is 2.00 bits per heavy atom. The largest absolute Gasteiger partial charge is 0.393 e. The molecular formula is C10H20N2O3S. The fourth-order valence-electron chi connectivity index (χ4n) is 0.934. The minimum Gasteiger partial charge on any atom is -0.393 e. The molecule has 0 aliphatic carbocycles. The second-order valence-electron chi connectivity index (χ2n) is 3.28. The lowest BCUT2D eigenvalue weighted by Gasteiger charge is -2.16. The Labute approximate surface area is 102 Å². The van der Waals surface area contributed by atoms with Gasteiger partial charge in [0.15, 0.2) is 0 Å². The van der Waals surface area contributed by atoms with Gasteiger partial charge in [-0.3, -0.25) is 4.79 Å². The third-order valence-electron chi connectivity index (χ3n) is 1.92. The lowest BCUT2D eigenvalue weighted by Crippen LogP contribution is -2.33. The molecule has 5 nitrogen and oxygen atoms in total. The van der Waals surface area contributed by atoms with Gasteiger partial charge in [0.25, 0.3) is 0 Å². The van der Waals surface area contributed by atoms with Crippen LogP contribution in [0, 0.1) is 0 Å². The Bertz CT molecular complexity index is 224. The Hall–Kier alpha value is -0.720. The molecule has 0 heterocycles. The van der Waals surface area contributed by atoms with Crippen molar-refractivity contribution in [1.29, 1.82) is 0 Å². The van der Waals surface area contributed by atoms with Crippen LogP contribution in [0.1, 0.15) is 13.3 Å². The number of ether oxygens (including phenoxy) is 2. The van der Waals surface area contributed by atoms with Gasteiger partial charge >= 0.3 is 0 Å². The van der Waals surface area contributed by atoms with Crippen LogP contribution in [0.25, 0.3) is 0 Å². The van der Waals surface area contributed by atoms with E-state index in [9.17, 15) is 4.79 Å². The molecule has 0 atom stereocenters. The Balaban J connectivity index is 3.51. The standard InChI is InChI=1S/C10H20N2O3S/c1-3-14-6-7-15-8-10(13)12(2)5-4-9(11)16/h3-8H2,1-2H3,(H2,11,16). The summed E-state index contributed by atoms with van der Waals surface area (Å²) in [6, 6.07) is 0. The van der Waals surface area contributed by atoms with E-state index >= 15 is 0 Å². The molecule has 0 radical (unpaired) electrons. The Kier molecular flexibility index (Phi) is 9.07. The average molecular weight is 248 g/mol. The number of carbonyl (C=O) groups is 1. The van der Waals surface area contributed by atoms with E-state index in [1.54, 1.807) is 11.9 Å². The second kappa shape index (κ2) is 9.50. The van der Waals surface area contributed by atoms with Gasteiger partial charge in [-0.25, -0.2) is 0 Å². The number of amides is 1. The minimum atomic E-state index is -0.0762. The van der Waals surface area contributed by atoms with Gasteiger partial charge in [-0.05, 0) is 6.92 Å². The number of carbonyl (C=O) groups excluding carboxylic acids is 1. The molecule has 0 aromatic heterocycles. The van der Waals surface area contributed by atoms with E-state index in [4.69, 9.17) is 27.4 Å². The zero-order chi connectivity index (χ0) is 12.4. The van der Waals surface area contributed by atoms with Crippen LogP contribution in [0.5, 0.6) is 0 Å². The van der Waals surface area contributed by atoms with Crippen LogP contribution >= 0.6 is 12.2 Å². The maximum atomic E-state index is 11.5. The van der Waals surface area contributed by atoms with Crippen LogP contribution < -0.4 is 5.73 Å². The maximum absolute atomic E-state index is 11.5. The van der Waals surface area contributed by atoms with E-state index in [0.29, 0.717) is 37.8 Å². The third-order valence-corrected chi connectivity index (χ3v) is 2.13. The zero-order valence-electron chi connectivity index (χ0n) is 9.90. The first-order valence-corrected chi connectivity index (χ1v) is 5.66. The summed E-state index contributed by atoms with van der Waals surface area (Å²) >= 11 is 4.73. The fourth-order valence-corrected chi connectivity index (χ4v) is 1.03. The number of hydrogen-bond donors (Lipinski definition) is 1. The average Bonchev–Trinajstić information content (AvgIpc) is 2.25. The Morgan fingerprint density at radius 3 is 2.56 bits per heavy atom. The fraction of sp³-hybridized carbons (Fsp3) is 0.800. The van der Waals surface area contributed by atoms with Crippen molar-refractivity contribution in [3.05, 3.63) is 0 Å². The first-order valence-electron chi connectivity index (χ1n) is 5.25. The van der Waals surface area contributed by atoms with Crippen molar-refractivity contribution < 1.29 is 14.3 Å². The molecule has 2 N–H and O–H groups in total. The maximum Gasteiger partial charge on any atom is 0.248 e. The van der Waals surface area contributed by atoms with Crippen molar-refractivity contribution in [2.24, 2.45) is 5.73 Å². The van der Waals surface area contributed by atoms with E-state index in [1.807, 2.05) is 6.92 Å². The summed E-state index contributed by atoms with van der Waals surface area (Å²) in [4.78, 5) is 13.4. The van der Waals surface area contributed by atoms with Crippen LogP contribution in [0.4, 0.5) is 0 Å². The normalized spacial score (nSPS) is 10.1. The van der Waals surface area contributed by atoms with Crippen LogP contribution in [0.2, 0.25) is 0 Å². The van der Waals surface area contributed by atoms with Crippen molar-refractivity contribution in [3.63, 3.8) is 0 Å². The summed E-state index contributed by atoms with van der Waals surface area (Å²) in [7, 11) is 1.70. The van der Waals surface area contributed by atoms with Gasteiger partial charge in [0.05, 0.1) is 18.2 Å². The molecule has 0 aliphatic rings. The van der Waals surface area contributed by atoms with Gasteiger partial charge in [-0.2, -0.15) is 0 Å². The molecule has 0 aromatic carbocycles. The number of rotatable bonds is 9. The van der Waals surface area contributed by atoms with Crippen LogP contribution in [-0.2, 0) is 14.3 Å². The molecule has 0 bridgehead atoms. The van der Waals surface area contributed by atoms with Gasteiger partial charge in [0, 0.05) is 26.6 Å². The molecule has 0 aliphatic heterocycles. The van der Waals surface area contributed by atoms with Gasteiger partial charge in [-0.15, -0.1) is 0 Å². The predicted octanol–water partition coefficient (Wildman–Crippen LogP) is 0.174. The summed E-state index contributed by atoms with van der Waals surface area (Å²) in [5, 5.41) is 0. The van der Waals surface area contributed by atoms with E-state index in [1.165, 1.54) is 0 Å². The molecular weight excluding hydrogens is 228 g/mol.